The predicted octanol–water partition coefficient (Wildman–Crippen LogP) is 0.297. The second-order valence-electron chi connectivity index (χ2n) is 2.68. The fraction of sp³-hybridized carbons (Fsp3) is 0.250. The highest BCUT2D eigenvalue weighted by molar-refractivity contribution is 6.99. The molecule has 0 saturated heterocycles. The van der Waals surface area contributed by atoms with Crippen molar-refractivity contribution in [3.8, 4) is 0 Å². The van der Waals surface area contributed by atoms with E-state index in [9.17, 15) is 9.59 Å². The highest BCUT2D eigenvalue weighted by Gasteiger charge is 2.20. The molecule has 0 radical (unpaired) electrons. The van der Waals surface area contributed by atoms with E-state index in [2.05, 4.69) is 20.6 Å². The van der Waals surface area contributed by atoms with Gasteiger partial charge in [0.1, 0.15) is 6.04 Å². The van der Waals surface area contributed by atoms with Crippen LogP contribution in [0.5, 0.6) is 0 Å². The number of rotatable bonds is 5. The van der Waals surface area contributed by atoms with Crippen molar-refractivity contribution in [2.24, 2.45) is 0 Å². The van der Waals surface area contributed by atoms with E-state index < -0.39 is 17.9 Å². The summed E-state index contributed by atoms with van der Waals surface area (Å²) in [5.74, 6) is -1.65. The molecule has 80 valence electrons. The molecule has 15 heavy (non-hydrogen) atoms. The molecular formula is C8H9N3O3S. The number of carboxylic acids is 1. The number of carboxylic acid groups (broad SMARTS) is 1. The summed E-state index contributed by atoms with van der Waals surface area (Å²) in [5, 5.41) is 11.1. The Labute approximate surface area is 90.0 Å². The van der Waals surface area contributed by atoms with Crippen LogP contribution in [0.3, 0.4) is 0 Å². The largest absolute Gasteiger partial charge is 0.480 e. The van der Waals surface area contributed by atoms with Gasteiger partial charge in [-0.3, -0.25) is 4.79 Å². The van der Waals surface area contributed by atoms with Crippen molar-refractivity contribution in [3.05, 3.63) is 24.5 Å². The minimum atomic E-state index is -1.11. The SMILES string of the molecule is C=CCC(NC(=O)c1cnsn1)C(=O)O. The van der Waals surface area contributed by atoms with Gasteiger partial charge < -0.3 is 10.4 Å². The first-order valence-electron chi connectivity index (χ1n) is 4.07. The summed E-state index contributed by atoms with van der Waals surface area (Å²) >= 11 is 0.888. The molecule has 0 aromatic carbocycles. The van der Waals surface area contributed by atoms with Gasteiger partial charge in [0.05, 0.1) is 17.9 Å². The first-order chi connectivity index (χ1) is 7.15. The van der Waals surface area contributed by atoms with Gasteiger partial charge in [-0.15, -0.1) is 6.58 Å². The van der Waals surface area contributed by atoms with E-state index in [1.54, 1.807) is 0 Å². The van der Waals surface area contributed by atoms with Gasteiger partial charge in [0.15, 0.2) is 5.69 Å². The van der Waals surface area contributed by atoms with Crippen LogP contribution in [-0.2, 0) is 4.79 Å². The van der Waals surface area contributed by atoms with E-state index in [0.29, 0.717) is 0 Å². The van der Waals surface area contributed by atoms with Crippen molar-refractivity contribution in [3.63, 3.8) is 0 Å². The minimum Gasteiger partial charge on any atom is -0.480 e. The number of aliphatic carboxylic acids is 1. The lowest BCUT2D eigenvalue weighted by atomic mass is 10.2. The number of carbonyl (C=O) groups excluding carboxylic acids is 1. The van der Waals surface area contributed by atoms with Crippen LogP contribution in [0, 0.1) is 0 Å². The molecule has 0 aliphatic heterocycles. The van der Waals surface area contributed by atoms with Crippen LogP contribution >= 0.6 is 11.7 Å². The second-order valence-corrected chi connectivity index (χ2v) is 3.24. The standard InChI is InChI=1S/C8H9N3O3S/c1-2-3-5(8(13)14)10-7(12)6-4-9-15-11-6/h2,4-5H,1,3H2,(H,10,12)(H,13,14). The maximum Gasteiger partial charge on any atom is 0.326 e. The molecule has 0 fully saturated rings. The summed E-state index contributed by atoms with van der Waals surface area (Å²) in [4.78, 5) is 22.1. The van der Waals surface area contributed by atoms with Gasteiger partial charge in [0.2, 0.25) is 0 Å². The molecule has 1 amide bonds. The summed E-state index contributed by atoms with van der Waals surface area (Å²) in [6.07, 6.45) is 2.88. The topological polar surface area (TPSA) is 92.2 Å². The number of hydrogen-bond acceptors (Lipinski definition) is 5. The minimum absolute atomic E-state index is 0.121. The molecule has 0 saturated carbocycles. The average Bonchev–Trinajstić information content (AvgIpc) is 2.69. The van der Waals surface area contributed by atoms with Crippen molar-refractivity contribution < 1.29 is 14.7 Å². The molecule has 1 aromatic rings. The predicted molar refractivity (Wildman–Crippen MR) is 53.6 cm³/mol. The summed E-state index contributed by atoms with van der Waals surface area (Å²) in [5.41, 5.74) is 0.121. The Balaban J connectivity index is 2.62. The molecular weight excluding hydrogens is 218 g/mol. The van der Waals surface area contributed by atoms with E-state index in [1.807, 2.05) is 0 Å². The zero-order valence-corrected chi connectivity index (χ0v) is 8.53. The number of nitrogens with zero attached hydrogens (tertiary/aromatic N) is 2. The zero-order valence-electron chi connectivity index (χ0n) is 7.71. The Hall–Kier alpha value is -1.76. The fourth-order valence-corrected chi connectivity index (χ4v) is 1.30. The van der Waals surface area contributed by atoms with Crippen molar-refractivity contribution in [1.82, 2.24) is 14.1 Å². The summed E-state index contributed by atoms with van der Waals surface area (Å²) in [6.45, 7) is 3.41. The maximum atomic E-state index is 11.4. The smallest absolute Gasteiger partial charge is 0.326 e. The van der Waals surface area contributed by atoms with Gasteiger partial charge >= 0.3 is 5.97 Å². The van der Waals surface area contributed by atoms with E-state index >= 15 is 0 Å². The molecule has 0 bridgehead atoms. The van der Waals surface area contributed by atoms with Crippen molar-refractivity contribution in [2.75, 3.05) is 0 Å². The Morgan fingerprint density at radius 2 is 2.47 bits per heavy atom. The van der Waals surface area contributed by atoms with Gasteiger partial charge in [0.25, 0.3) is 5.91 Å². The number of amides is 1. The molecule has 0 aliphatic carbocycles. The Morgan fingerprint density at radius 1 is 1.73 bits per heavy atom. The monoisotopic (exact) mass is 227 g/mol. The number of aromatic nitrogens is 2. The highest BCUT2D eigenvalue weighted by Crippen LogP contribution is 1.99. The van der Waals surface area contributed by atoms with Crippen LogP contribution in [0.15, 0.2) is 18.9 Å². The van der Waals surface area contributed by atoms with Gasteiger partial charge in [0, 0.05) is 0 Å². The van der Waals surface area contributed by atoms with E-state index in [0.717, 1.165) is 11.7 Å². The van der Waals surface area contributed by atoms with Crippen LogP contribution in [-0.4, -0.2) is 31.8 Å². The Bertz CT molecular complexity index is 363. The van der Waals surface area contributed by atoms with Gasteiger partial charge in [-0.1, -0.05) is 6.08 Å². The van der Waals surface area contributed by atoms with Crippen LogP contribution in [0.25, 0.3) is 0 Å². The zero-order chi connectivity index (χ0) is 11.3. The van der Waals surface area contributed by atoms with Gasteiger partial charge in [-0.25, -0.2) is 4.79 Å². The molecule has 2 N–H and O–H groups in total. The van der Waals surface area contributed by atoms with Crippen molar-refractivity contribution >= 4 is 23.6 Å². The highest BCUT2D eigenvalue weighted by atomic mass is 32.1. The Kier molecular flexibility index (Phi) is 3.92. The second kappa shape index (κ2) is 5.20. The number of carbonyl (C=O) groups is 2. The maximum absolute atomic E-state index is 11.4. The van der Waals surface area contributed by atoms with Crippen molar-refractivity contribution in [1.29, 1.82) is 0 Å². The third kappa shape index (κ3) is 3.13. The quantitative estimate of drug-likeness (QED) is 0.706. The van der Waals surface area contributed by atoms with Crippen LogP contribution < -0.4 is 5.32 Å². The molecule has 7 heteroatoms. The average molecular weight is 227 g/mol. The summed E-state index contributed by atoms with van der Waals surface area (Å²) in [7, 11) is 0. The molecule has 0 aliphatic rings. The summed E-state index contributed by atoms with van der Waals surface area (Å²) < 4.78 is 7.33. The molecule has 1 rings (SSSR count). The lowest BCUT2D eigenvalue weighted by molar-refractivity contribution is -0.139. The molecule has 1 heterocycles. The number of nitrogens with one attached hydrogen (secondary N) is 1. The lowest BCUT2D eigenvalue weighted by Gasteiger charge is -2.10. The van der Waals surface area contributed by atoms with Crippen LogP contribution in [0.1, 0.15) is 16.9 Å². The molecule has 0 spiro atoms. The third-order valence-electron chi connectivity index (χ3n) is 1.60. The van der Waals surface area contributed by atoms with E-state index in [4.69, 9.17) is 5.11 Å². The third-order valence-corrected chi connectivity index (χ3v) is 2.08. The lowest BCUT2D eigenvalue weighted by Crippen LogP contribution is -2.40. The first-order valence-corrected chi connectivity index (χ1v) is 4.80. The molecule has 6 nitrogen and oxygen atoms in total. The fourth-order valence-electron chi connectivity index (χ4n) is 0.885. The van der Waals surface area contributed by atoms with Crippen molar-refractivity contribution in [2.45, 2.75) is 12.5 Å². The molecule has 1 unspecified atom stereocenters. The van der Waals surface area contributed by atoms with E-state index in [-0.39, 0.29) is 12.1 Å². The van der Waals surface area contributed by atoms with E-state index in [1.165, 1.54) is 12.3 Å². The normalized spacial score (nSPS) is 11.7. The molecule has 1 aromatic heterocycles. The molecule has 1 atom stereocenters. The van der Waals surface area contributed by atoms with Gasteiger partial charge in [-0.05, 0) is 6.42 Å². The van der Waals surface area contributed by atoms with Crippen LogP contribution in [0.2, 0.25) is 0 Å². The van der Waals surface area contributed by atoms with Gasteiger partial charge in [-0.2, -0.15) is 8.75 Å². The Morgan fingerprint density at radius 3 is 2.93 bits per heavy atom. The first kappa shape index (κ1) is 11.3. The number of hydrogen-bond donors (Lipinski definition) is 2. The summed E-state index contributed by atoms with van der Waals surface area (Å²) in [6, 6.07) is -0.975. The van der Waals surface area contributed by atoms with Crippen LogP contribution in [0.4, 0.5) is 0 Å².